The summed E-state index contributed by atoms with van der Waals surface area (Å²) in [5.74, 6) is 2.23. The van der Waals surface area contributed by atoms with Crippen LogP contribution in [0.5, 0.6) is 0 Å². The van der Waals surface area contributed by atoms with Crippen molar-refractivity contribution in [2.24, 2.45) is 11.8 Å². The Balaban J connectivity index is 1.36. The van der Waals surface area contributed by atoms with Crippen LogP contribution in [0.3, 0.4) is 0 Å². The third-order valence-corrected chi connectivity index (χ3v) is 5.53. The van der Waals surface area contributed by atoms with Gasteiger partial charge in [-0.2, -0.15) is 5.10 Å². The minimum Gasteiger partial charge on any atom is -0.354 e. The SMILES string of the molecule is c1cnc(NCCC2CN(CC3CCCC3)Cc3ccnn3C2)nc1. The molecule has 0 bridgehead atoms. The van der Waals surface area contributed by atoms with Gasteiger partial charge in [0.25, 0.3) is 0 Å². The maximum absolute atomic E-state index is 4.54. The molecule has 2 aliphatic rings. The van der Waals surface area contributed by atoms with Crippen LogP contribution < -0.4 is 5.32 Å². The molecule has 0 amide bonds. The summed E-state index contributed by atoms with van der Waals surface area (Å²) in [4.78, 5) is 11.1. The van der Waals surface area contributed by atoms with Gasteiger partial charge in [0.1, 0.15) is 0 Å². The molecule has 6 heteroatoms. The predicted octanol–water partition coefficient (Wildman–Crippen LogP) is 2.80. The molecule has 2 aromatic rings. The lowest BCUT2D eigenvalue weighted by molar-refractivity contribution is 0.193. The third kappa shape index (κ3) is 4.37. The van der Waals surface area contributed by atoms with E-state index in [2.05, 4.69) is 36.0 Å². The Bertz CT molecular complexity index is 649. The van der Waals surface area contributed by atoms with E-state index < -0.39 is 0 Å². The van der Waals surface area contributed by atoms with Crippen molar-refractivity contribution >= 4 is 5.95 Å². The lowest BCUT2D eigenvalue weighted by Gasteiger charge is -2.26. The zero-order chi connectivity index (χ0) is 16.9. The first-order valence-corrected chi connectivity index (χ1v) is 9.61. The summed E-state index contributed by atoms with van der Waals surface area (Å²) in [6.07, 6.45) is 12.3. The van der Waals surface area contributed by atoms with E-state index >= 15 is 0 Å². The van der Waals surface area contributed by atoms with Crippen molar-refractivity contribution in [3.05, 3.63) is 36.4 Å². The van der Waals surface area contributed by atoms with Gasteiger partial charge in [-0.05, 0) is 43.2 Å². The van der Waals surface area contributed by atoms with Crippen LogP contribution in [0.25, 0.3) is 0 Å². The number of anilines is 1. The molecule has 1 N–H and O–H groups in total. The molecular weight excluding hydrogens is 312 g/mol. The number of aromatic nitrogens is 4. The van der Waals surface area contributed by atoms with Gasteiger partial charge < -0.3 is 5.32 Å². The molecule has 0 spiro atoms. The quantitative estimate of drug-likeness (QED) is 0.876. The summed E-state index contributed by atoms with van der Waals surface area (Å²) < 4.78 is 2.21. The molecule has 1 aliphatic carbocycles. The van der Waals surface area contributed by atoms with Gasteiger partial charge in [-0.3, -0.25) is 9.58 Å². The fraction of sp³-hybridized carbons (Fsp3) is 0.632. The Morgan fingerprint density at radius 1 is 1.04 bits per heavy atom. The van der Waals surface area contributed by atoms with Gasteiger partial charge >= 0.3 is 0 Å². The molecule has 1 saturated carbocycles. The second-order valence-electron chi connectivity index (χ2n) is 7.50. The van der Waals surface area contributed by atoms with Gasteiger partial charge in [0.05, 0.1) is 5.69 Å². The highest BCUT2D eigenvalue weighted by molar-refractivity contribution is 5.21. The lowest BCUT2D eigenvalue weighted by atomic mass is 10.0. The van der Waals surface area contributed by atoms with Crippen molar-refractivity contribution in [2.45, 2.75) is 45.2 Å². The first-order chi connectivity index (χ1) is 12.4. The van der Waals surface area contributed by atoms with E-state index in [-0.39, 0.29) is 0 Å². The summed E-state index contributed by atoms with van der Waals surface area (Å²) in [6, 6.07) is 4.02. The van der Waals surface area contributed by atoms with Crippen LogP contribution in [0.15, 0.2) is 30.7 Å². The molecular formula is C19H28N6. The van der Waals surface area contributed by atoms with Gasteiger partial charge in [-0.15, -0.1) is 0 Å². The van der Waals surface area contributed by atoms with Crippen LogP contribution >= 0.6 is 0 Å². The van der Waals surface area contributed by atoms with Crippen LogP contribution in [0.2, 0.25) is 0 Å². The monoisotopic (exact) mass is 340 g/mol. The number of nitrogens with one attached hydrogen (secondary N) is 1. The molecule has 134 valence electrons. The van der Waals surface area contributed by atoms with Crippen LogP contribution in [0.4, 0.5) is 5.95 Å². The maximum Gasteiger partial charge on any atom is 0.222 e. The number of nitrogens with zero attached hydrogens (tertiary/aromatic N) is 5. The molecule has 1 unspecified atom stereocenters. The first kappa shape index (κ1) is 16.5. The van der Waals surface area contributed by atoms with Crippen molar-refractivity contribution in [3.8, 4) is 0 Å². The summed E-state index contributed by atoms with van der Waals surface area (Å²) in [5, 5.41) is 7.89. The van der Waals surface area contributed by atoms with Crippen molar-refractivity contribution in [1.82, 2.24) is 24.6 Å². The van der Waals surface area contributed by atoms with Gasteiger partial charge in [0, 0.05) is 51.3 Å². The molecule has 2 aromatic heterocycles. The number of fused-ring (bicyclic) bond motifs is 1. The van der Waals surface area contributed by atoms with E-state index in [9.17, 15) is 0 Å². The first-order valence-electron chi connectivity index (χ1n) is 9.61. The number of hydrogen-bond acceptors (Lipinski definition) is 5. The van der Waals surface area contributed by atoms with E-state index in [0.717, 1.165) is 44.5 Å². The smallest absolute Gasteiger partial charge is 0.222 e. The standard InChI is InChI=1S/C19H28N6/c1-2-5-16(4-1)12-24-13-17(14-25-18(15-24)7-11-23-25)6-10-22-19-20-8-3-9-21-19/h3,7-9,11,16-17H,1-2,4-6,10,12-15H2,(H,20,21,22). The maximum atomic E-state index is 4.54. The Labute approximate surface area is 149 Å². The Hall–Kier alpha value is -1.95. The number of rotatable bonds is 6. The van der Waals surface area contributed by atoms with Crippen molar-refractivity contribution in [1.29, 1.82) is 0 Å². The highest BCUT2D eigenvalue weighted by Gasteiger charge is 2.25. The van der Waals surface area contributed by atoms with E-state index in [1.807, 2.05) is 12.3 Å². The molecule has 0 radical (unpaired) electrons. The fourth-order valence-corrected chi connectivity index (χ4v) is 4.28. The predicted molar refractivity (Wildman–Crippen MR) is 98.1 cm³/mol. The largest absolute Gasteiger partial charge is 0.354 e. The second-order valence-corrected chi connectivity index (χ2v) is 7.50. The van der Waals surface area contributed by atoms with Gasteiger partial charge in [0.2, 0.25) is 5.95 Å². The summed E-state index contributed by atoms with van der Waals surface area (Å²) in [6.45, 7) is 5.37. The summed E-state index contributed by atoms with van der Waals surface area (Å²) in [5.41, 5.74) is 1.36. The molecule has 0 aromatic carbocycles. The zero-order valence-corrected chi connectivity index (χ0v) is 14.8. The normalized spacial score (nSPS) is 21.8. The number of hydrogen-bond donors (Lipinski definition) is 1. The molecule has 0 saturated heterocycles. The molecule has 25 heavy (non-hydrogen) atoms. The Morgan fingerprint density at radius 2 is 1.88 bits per heavy atom. The van der Waals surface area contributed by atoms with E-state index in [4.69, 9.17) is 0 Å². The zero-order valence-electron chi connectivity index (χ0n) is 14.8. The van der Waals surface area contributed by atoms with Crippen molar-refractivity contribution < 1.29 is 0 Å². The van der Waals surface area contributed by atoms with Gasteiger partial charge in [-0.25, -0.2) is 9.97 Å². The van der Waals surface area contributed by atoms with Crippen molar-refractivity contribution in [2.75, 3.05) is 25.0 Å². The van der Waals surface area contributed by atoms with Gasteiger partial charge in [0.15, 0.2) is 0 Å². The highest BCUT2D eigenvalue weighted by atomic mass is 15.3. The van der Waals surface area contributed by atoms with Gasteiger partial charge in [-0.1, -0.05) is 12.8 Å². The molecule has 1 aliphatic heterocycles. The Morgan fingerprint density at radius 3 is 2.72 bits per heavy atom. The van der Waals surface area contributed by atoms with E-state index in [1.54, 1.807) is 12.4 Å². The minimum absolute atomic E-state index is 0.610. The average Bonchev–Trinajstić information content (AvgIpc) is 3.25. The Kier molecular flexibility index (Phi) is 5.25. The molecule has 4 rings (SSSR count). The molecule has 3 heterocycles. The lowest BCUT2D eigenvalue weighted by Crippen LogP contribution is -2.32. The summed E-state index contributed by atoms with van der Waals surface area (Å²) in [7, 11) is 0. The topological polar surface area (TPSA) is 58.9 Å². The van der Waals surface area contributed by atoms with E-state index in [0.29, 0.717) is 5.92 Å². The van der Waals surface area contributed by atoms with Crippen LogP contribution in [-0.4, -0.2) is 44.3 Å². The van der Waals surface area contributed by atoms with Crippen LogP contribution in [0, 0.1) is 11.8 Å². The minimum atomic E-state index is 0.610. The second kappa shape index (κ2) is 7.95. The molecule has 6 nitrogen and oxygen atoms in total. The fourth-order valence-electron chi connectivity index (χ4n) is 4.28. The third-order valence-electron chi connectivity index (χ3n) is 5.53. The molecule has 1 fully saturated rings. The van der Waals surface area contributed by atoms with Crippen molar-refractivity contribution in [3.63, 3.8) is 0 Å². The summed E-state index contributed by atoms with van der Waals surface area (Å²) >= 11 is 0. The molecule has 1 atom stereocenters. The average molecular weight is 340 g/mol. The van der Waals surface area contributed by atoms with Crippen LogP contribution in [-0.2, 0) is 13.1 Å². The van der Waals surface area contributed by atoms with E-state index in [1.165, 1.54) is 37.9 Å². The highest BCUT2D eigenvalue weighted by Crippen LogP contribution is 2.27. The van der Waals surface area contributed by atoms with Crippen LogP contribution in [0.1, 0.15) is 37.8 Å².